The third-order valence-electron chi connectivity index (χ3n) is 3.62. The van der Waals surface area contributed by atoms with Gasteiger partial charge in [0.15, 0.2) is 17.9 Å². The smallest absolute Gasteiger partial charge is 0.183 e. The van der Waals surface area contributed by atoms with E-state index in [4.69, 9.17) is 4.74 Å². The number of anilines is 2. The molecule has 140 valence electrons. The molecule has 0 radical (unpaired) electrons. The van der Waals surface area contributed by atoms with Gasteiger partial charge in [-0.25, -0.2) is 13.2 Å². The van der Waals surface area contributed by atoms with Crippen molar-refractivity contribution in [1.29, 1.82) is 0 Å². The Balaban J connectivity index is 2.33. The highest BCUT2D eigenvalue weighted by atomic mass is 19.2. The summed E-state index contributed by atoms with van der Waals surface area (Å²) in [7, 11) is 0. The minimum absolute atomic E-state index is 0.0475. The second-order valence-corrected chi connectivity index (χ2v) is 7.41. The Kier molecular flexibility index (Phi) is 6.08. The predicted octanol–water partition coefficient (Wildman–Crippen LogP) is 5.53. The molecular weight excluding hydrogens is 343 g/mol. The fourth-order valence-corrected chi connectivity index (χ4v) is 2.35. The molecule has 3 nitrogen and oxygen atoms in total. The molecule has 0 spiro atoms. The lowest BCUT2D eigenvalue weighted by Gasteiger charge is -2.19. The number of aldehydes is 1. The van der Waals surface area contributed by atoms with Crippen LogP contribution in [0.15, 0.2) is 24.3 Å². The molecule has 0 saturated heterocycles. The third kappa shape index (κ3) is 4.85. The number of carbonyl (C=O) groups is 1. The van der Waals surface area contributed by atoms with E-state index in [2.05, 4.69) is 5.32 Å². The standard InChI is InChI=1S/C20H22F3NO2/c1-12-5-6-16(15(21)7-12)24-19-13(9-25)8-14(17(22)18(19)23)10-26-11-20(2,3)4/h5-9,24H,10-11H2,1-4H3. The minimum atomic E-state index is -1.25. The Morgan fingerprint density at radius 1 is 1.12 bits per heavy atom. The van der Waals surface area contributed by atoms with Crippen molar-refractivity contribution in [3.05, 3.63) is 58.4 Å². The monoisotopic (exact) mass is 365 g/mol. The number of rotatable bonds is 6. The van der Waals surface area contributed by atoms with E-state index in [0.717, 1.165) is 0 Å². The van der Waals surface area contributed by atoms with E-state index < -0.39 is 23.1 Å². The zero-order valence-electron chi connectivity index (χ0n) is 15.3. The molecule has 0 aliphatic rings. The molecule has 2 aromatic carbocycles. The van der Waals surface area contributed by atoms with E-state index >= 15 is 0 Å². The van der Waals surface area contributed by atoms with Crippen LogP contribution < -0.4 is 5.32 Å². The molecule has 0 unspecified atom stereocenters. The van der Waals surface area contributed by atoms with Crippen LogP contribution in [-0.2, 0) is 11.3 Å². The summed E-state index contributed by atoms with van der Waals surface area (Å²) in [6.45, 7) is 7.73. The maximum Gasteiger partial charge on any atom is 0.183 e. The quantitative estimate of drug-likeness (QED) is 0.684. The topological polar surface area (TPSA) is 38.3 Å². The van der Waals surface area contributed by atoms with Gasteiger partial charge in [0.1, 0.15) is 5.82 Å². The summed E-state index contributed by atoms with van der Waals surface area (Å²) in [4.78, 5) is 11.3. The van der Waals surface area contributed by atoms with Crippen LogP contribution in [0, 0.1) is 29.8 Å². The highest BCUT2D eigenvalue weighted by molar-refractivity contribution is 5.86. The van der Waals surface area contributed by atoms with Crippen molar-refractivity contribution in [2.45, 2.75) is 34.3 Å². The number of aryl methyl sites for hydroxylation is 1. The van der Waals surface area contributed by atoms with Gasteiger partial charge in [-0.15, -0.1) is 0 Å². The molecule has 0 atom stereocenters. The Hall–Kier alpha value is -2.34. The average Bonchev–Trinajstić information content (AvgIpc) is 2.54. The highest BCUT2D eigenvalue weighted by Crippen LogP contribution is 2.30. The Labute approximate surface area is 151 Å². The summed E-state index contributed by atoms with van der Waals surface area (Å²) >= 11 is 0. The van der Waals surface area contributed by atoms with Gasteiger partial charge in [-0.3, -0.25) is 4.79 Å². The number of benzene rings is 2. The van der Waals surface area contributed by atoms with E-state index in [0.29, 0.717) is 18.5 Å². The van der Waals surface area contributed by atoms with Gasteiger partial charge in [0, 0.05) is 11.1 Å². The van der Waals surface area contributed by atoms with E-state index in [9.17, 15) is 18.0 Å². The lowest BCUT2D eigenvalue weighted by atomic mass is 9.99. The van der Waals surface area contributed by atoms with Crippen LogP contribution in [0.2, 0.25) is 0 Å². The van der Waals surface area contributed by atoms with Gasteiger partial charge >= 0.3 is 0 Å². The van der Waals surface area contributed by atoms with E-state index in [1.165, 1.54) is 18.2 Å². The summed E-state index contributed by atoms with van der Waals surface area (Å²) < 4.78 is 48.2. The van der Waals surface area contributed by atoms with Crippen molar-refractivity contribution in [2.24, 2.45) is 5.41 Å². The zero-order valence-corrected chi connectivity index (χ0v) is 15.3. The van der Waals surface area contributed by atoms with Gasteiger partial charge in [-0.05, 0) is 36.1 Å². The number of ether oxygens (including phenoxy) is 1. The zero-order chi connectivity index (χ0) is 19.5. The number of nitrogens with one attached hydrogen (secondary N) is 1. The van der Waals surface area contributed by atoms with Crippen molar-refractivity contribution < 1.29 is 22.7 Å². The molecule has 0 heterocycles. The molecule has 2 aromatic rings. The number of hydrogen-bond donors (Lipinski definition) is 1. The molecule has 0 fully saturated rings. The molecule has 0 aliphatic carbocycles. The van der Waals surface area contributed by atoms with Gasteiger partial charge in [0.05, 0.1) is 24.6 Å². The van der Waals surface area contributed by atoms with Gasteiger partial charge in [0.2, 0.25) is 0 Å². The molecular formula is C20H22F3NO2. The SMILES string of the molecule is Cc1ccc(Nc2c(C=O)cc(COCC(C)(C)C)c(F)c2F)c(F)c1. The maximum absolute atomic E-state index is 14.5. The molecule has 0 amide bonds. The van der Waals surface area contributed by atoms with E-state index in [1.54, 1.807) is 13.0 Å². The van der Waals surface area contributed by atoms with Crippen molar-refractivity contribution in [1.82, 2.24) is 0 Å². The van der Waals surface area contributed by atoms with Gasteiger partial charge in [0.25, 0.3) is 0 Å². The fourth-order valence-electron chi connectivity index (χ4n) is 2.35. The Morgan fingerprint density at radius 2 is 1.81 bits per heavy atom. The van der Waals surface area contributed by atoms with Crippen LogP contribution in [0.5, 0.6) is 0 Å². The van der Waals surface area contributed by atoms with Gasteiger partial charge < -0.3 is 10.1 Å². The first-order chi connectivity index (χ1) is 12.1. The van der Waals surface area contributed by atoms with Crippen LogP contribution in [0.1, 0.15) is 42.3 Å². The summed E-state index contributed by atoms with van der Waals surface area (Å²) in [6.07, 6.45) is 0.393. The first-order valence-corrected chi connectivity index (χ1v) is 8.19. The molecule has 0 bridgehead atoms. The predicted molar refractivity (Wildman–Crippen MR) is 95.3 cm³/mol. The minimum Gasteiger partial charge on any atom is -0.376 e. The highest BCUT2D eigenvalue weighted by Gasteiger charge is 2.20. The van der Waals surface area contributed by atoms with Crippen molar-refractivity contribution in [3.63, 3.8) is 0 Å². The summed E-state index contributed by atoms with van der Waals surface area (Å²) in [5.41, 5.74) is -0.0790. The third-order valence-corrected chi connectivity index (χ3v) is 3.62. The second-order valence-electron chi connectivity index (χ2n) is 7.41. The van der Waals surface area contributed by atoms with Gasteiger partial charge in [-0.1, -0.05) is 26.8 Å². The van der Waals surface area contributed by atoms with Gasteiger partial charge in [-0.2, -0.15) is 0 Å². The Morgan fingerprint density at radius 3 is 2.38 bits per heavy atom. The number of carbonyl (C=O) groups excluding carboxylic acids is 1. The van der Waals surface area contributed by atoms with Crippen molar-refractivity contribution in [2.75, 3.05) is 11.9 Å². The largest absolute Gasteiger partial charge is 0.376 e. The van der Waals surface area contributed by atoms with Crippen LogP contribution in [-0.4, -0.2) is 12.9 Å². The molecule has 26 heavy (non-hydrogen) atoms. The molecule has 0 aromatic heterocycles. The summed E-state index contributed by atoms with van der Waals surface area (Å²) in [6, 6.07) is 5.49. The molecule has 2 rings (SSSR count). The average molecular weight is 365 g/mol. The maximum atomic E-state index is 14.5. The molecule has 0 aliphatic heterocycles. The lowest BCUT2D eigenvalue weighted by molar-refractivity contribution is 0.0580. The van der Waals surface area contributed by atoms with E-state index in [1.807, 2.05) is 20.8 Å². The van der Waals surface area contributed by atoms with E-state index in [-0.39, 0.29) is 28.8 Å². The first-order valence-electron chi connectivity index (χ1n) is 8.19. The first kappa shape index (κ1) is 20.0. The molecule has 1 N–H and O–H groups in total. The van der Waals surface area contributed by atoms with Crippen LogP contribution in [0.4, 0.5) is 24.5 Å². The normalized spacial score (nSPS) is 11.5. The van der Waals surface area contributed by atoms with Crippen LogP contribution >= 0.6 is 0 Å². The second kappa shape index (κ2) is 7.91. The molecule has 0 saturated carbocycles. The van der Waals surface area contributed by atoms with Crippen molar-refractivity contribution in [3.8, 4) is 0 Å². The molecule has 6 heteroatoms. The fraction of sp³-hybridized carbons (Fsp3) is 0.350. The van der Waals surface area contributed by atoms with Crippen LogP contribution in [0.25, 0.3) is 0 Å². The lowest BCUT2D eigenvalue weighted by Crippen LogP contribution is -2.15. The number of hydrogen-bond acceptors (Lipinski definition) is 3. The Bertz CT molecular complexity index is 814. The van der Waals surface area contributed by atoms with Crippen LogP contribution in [0.3, 0.4) is 0 Å². The summed E-state index contributed by atoms with van der Waals surface area (Å²) in [5.74, 6) is -3.00. The van der Waals surface area contributed by atoms with Crippen molar-refractivity contribution >= 4 is 17.7 Å². The number of halogens is 3. The summed E-state index contributed by atoms with van der Waals surface area (Å²) in [5, 5.41) is 2.47.